The molecule has 2 N–H and O–H groups in total. The quantitative estimate of drug-likeness (QED) is 0.0296. The Bertz CT molecular complexity index is 2800. The number of oxime groups is 1. The van der Waals surface area contributed by atoms with E-state index in [-0.39, 0.29) is 52.9 Å². The van der Waals surface area contributed by atoms with Gasteiger partial charge >= 0.3 is 5.97 Å². The van der Waals surface area contributed by atoms with Gasteiger partial charge in [-0.05, 0) is 71.7 Å². The summed E-state index contributed by atoms with van der Waals surface area (Å²) in [5.74, 6) is -1.06. The van der Waals surface area contributed by atoms with Crippen LogP contribution in [-0.4, -0.2) is 93.8 Å². The number of aromatic nitrogens is 2. The molecule has 6 aromatic rings. The van der Waals surface area contributed by atoms with Crippen molar-refractivity contribution >= 4 is 63.7 Å². The standard InChI is InChI=1S/C52H49N7O8S2/c1-58(2)47(61)41-29-40(67-56-41)28-25-34-31-68-49-44(48(62)59(49)45(34)50(63)65-30-33-23-26-38(64-3)27-24-33)54-46(60)43(57-66-39-21-13-14-22-39)42-32-69-51(53-42)55-52(35-15-7-4-8-16-35,36-17-9-5-10-18-36)37-19-11-6-12-20-37/h4-12,15-20,23-29,32,39,44,49H,13-14,21-22,30-31H2,1-3H3,(H,53,55)(H,54,60)/b28-25+,57-43-/t44-,49-/m1/s1. The van der Waals surface area contributed by atoms with Crippen molar-refractivity contribution in [2.24, 2.45) is 5.16 Å². The average molecular weight is 964 g/mol. The van der Waals surface area contributed by atoms with Gasteiger partial charge in [-0.3, -0.25) is 19.3 Å². The van der Waals surface area contributed by atoms with E-state index in [1.165, 1.54) is 39.0 Å². The van der Waals surface area contributed by atoms with Gasteiger partial charge in [0, 0.05) is 31.3 Å². The maximum Gasteiger partial charge on any atom is 0.355 e. The van der Waals surface area contributed by atoms with Gasteiger partial charge in [0.1, 0.15) is 46.8 Å². The minimum atomic E-state index is -1.03. The fourth-order valence-electron chi connectivity index (χ4n) is 8.50. The molecule has 2 atom stereocenters. The Morgan fingerprint density at radius 1 is 0.884 bits per heavy atom. The first-order chi connectivity index (χ1) is 33.6. The zero-order chi connectivity index (χ0) is 47.9. The number of methoxy groups -OCH3 is 1. The van der Waals surface area contributed by atoms with Gasteiger partial charge in [-0.15, -0.1) is 23.1 Å². The molecule has 1 saturated heterocycles. The van der Waals surface area contributed by atoms with E-state index in [9.17, 15) is 19.2 Å². The van der Waals surface area contributed by atoms with Crippen molar-refractivity contribution in [1.29, 1.82) is 0 Å². The summed E-state index contributed by atoms with van der Waals surface area (Å²) >= 11 is 2.69. The number of anilines is 1. The second kappa shape index (κ2) is 20.8. The summed E-state index contributed by atoms with van der Waals surface area (Å²) < 4.78 is 16.5. The van der Waals surface area contributed by atoms with E-state index in [0.29, 0.717) is 22.0 Å². The summed E-state index contributed by atoms with van der Waals surface area (Å²) in [6.07, 6.45) is 6.63. The highest BCUT2D eigenvalue weighted by molar-refractivity contribution is 8.00. The number of carbonyl (C=O) groups is 4. The zero-order valence-electron chi connectivity index (χ0n) is 38.1. The lowest BCUT2D eigenvalue weighted by molar-refractivity contribution is -0.153. The molecule has 352 valence electrons. The lowest BCUT2D eigenvalue weighted by Crippen LogP contribution is -2.71. The van der Waals surface area contributed by atoms with Crippen molar-refractivity contribution in [3.63, 3.8) is 0 Å². The number of thioether (sulfide) groups is 1. The summed E-state index contributed by atoms with van der Waals surface area (Å²) in [5.41, 5.74) is 3.56. The first kappa shape index (κ1) is 46.6. The monoisotopic (exact) mass is 963 g/mol. The predicted octanol–water partition coefficient (Wildman–Crippen LogP) is 8.02. The number of benzene rings is 4. The average Bonchev–Trinajstić information content (AvgIpc) is 4.20. The van der Waals surface area contributed by atoms with Crippen LogP contribution in [0.1, 0.15) is 69.9 Å². The summed E-state index contributed by atoms with van der Waals surface area (Å²) in [5, 5.41) is 16.6. The minimum absolute atomic E-state index is 0.0236. The number of hydrogen-bond donors (Lipinski definition) is 2. The molecule has 2 aliphatic heterocycles. The number of hydrogen-bond acceptors (Lipinski definition) is 14. The molecule has 0 spiro atoms. The number of nitrogens with zero attached hydrogens (tertiary/aromatic N) is 5. The highest BCUT2D eigenvalue weighted by atomic mass is 32.2. The normalized spacial score (nSPS) is 17.3. The lowest BCUT2D eigenvalue weighted by Gasteiger charge is -2.49. The Balaban J connectivity index is 0.994. The van der Waals surface area contributed by atoms with E-state index in [0.717, 1.165) is 42.4 Å². The van der Waals surface area contributed by atoms with Crippen molar-refractivity contribution < 1.29 is 38.0 Å². The van der Waals surface area contributed by atoms with Crippen molar-refractivity contribution in [2.45, 2.75) is 55.3 Å². The molecule has 15 nitrogen and oxygen atoms in total. The molecule has 4 aromatic carbocycles. The summed E-state index contributed by atoms with van der Waals surface area (Å²) in [6.45, 7) is -0.0735. The van der Waals surface area contributed by atoms with Crippen LogP contribution >= 0.6 is 23.1 Å². The first-order valence-corrected chi connectivity index (χ1v) is 24.4. The molecular weight excluding hydrogens is 915 g/mol. The van der Waals surface area contributed by atoms with E-state index in [4.69, 9.17) is 23.8 Å². The number of β-lactam (4-membered cyclic amide) rings is 1. The van der Waals surface area contributed by atoms with Crippen LogP contribution in [0, 0.1) is 0 Å². The number of carbonyl (C=O) groups excluding carboxylic acids is 4. The maximum atomic E-state index is 14.5. The van der Waals surface area contributed by atoms with Crippen molar-refractivity contribution in [3.8, 4) is 5.75 Å². The van der Waals surface area contributed by atoms with Crippen LogP contribution in [0.15, 0.2) is 154 Å². The summed E-state index contributed by atoms with van der Waals surface area (Å²) in [4.78, 5) is 69.1. The van der Waals surface area contributed by atoms with Crippen LogP contribution < -0.4 is 15.4 Å². The number of nitrogens with one attached hydrogen (secondary N) is 2. The third kappa shape index (κ3) is 9.92. The van der Waals surface area contributed by atoms with Crippen LogP contribution in [-0.2, 0) is 36.1 Å². The molecule has 9 rings (SSSR count). The Hall–Kier alpha value is -7.50. The molecule has 0 bridgehead atoms. The van der Waals surface area contributed by atoms with Crippen molar-refractivity contribution in [3.05, 3.63) is 183 Å². The van der Waals surface area contributed by atoms with E-state index in [1.807, 2.05) is 54.6 Å². The molecule has 3 aliphatic rings. The molecular formula is C52H49N7O8S2. The molecule has 0 radical (unpaired) electrons. The predicted molar refractivity (Wildman–Crippen MR) is 263 cm³/mol. The number of fused-ring (bicyclic) bond motifs is 1. The third-order valence-electron chi connectivity index (χ3n) is 12.1. The lowest BCUT2D eigenvalue weighted by atomic mass is 9.77. The van der Waals surface area contributed by atoms with Gasteiger partial charge in [0.05, 0.1) is 7.11 Å². The van der Waals surface area contributed by atoms with E-state index in [1.54, 1.807) is 63.0 Å². The van der Waals surface area contributed by atoms with Gasteiger partial charge in [-0.25, -0.2) is 9.78 Å². The molecule has 4 heterocycles. The van der Waals surface area contributed by atoms with Gasteiger partial charge in [0.15, 0.2) is 22.3 Å². The second-order valence-electron chi connectivity index (χ2n) is 16.8. The van der Waals surface area contributed by atoms with E-state index in [2.05, 4.69) is 57.3 Å². The van der Waals surface area contributed by atoms with Crippen LogP contribution in [0.3, 0.4) is 0 Å². The molecule has 17 heteroatoms. The Kier molecular flexibility index (Phi) is 14.0. The number of thiazole rings is 1. The maximum absolute atomic E-state index is 14.5. The number of esters is 1. The molecule has 3 amide bonds. The van der Waals surface area contributed by atoms with Gasteiger partial charge in [-0.2, -0.15) is 0 Å². The van der Waals surface area contributed by atoms with E-state index < -0.39 is 34.7 Å². The van der Waals surface area contributed by atoms with Crippen molar-refractivity contribution in [1.82, 2.24) is 25.3 Å². The Labute approximate surface area is 407 Å². The van der Waals surface area contributed by atoms with Gasteiger partial charge in [0.2, 0.25) is 0 Å². The SMILES string of the molecule is COc1ccc(COC(=O)C2=C(/C=C/c3cc(C(=O)N(C)C)no3)CS[C@@H]3[C@H](NC(=O)/C(=N\OC4CCCC4)c4csc(NC(c5ccccc5)(c5ccccc5)c5ccccc5)n4)C(=O)N23)cc1. The number of allylic oxidation sites excluding steroid dienone is 1. The van der Waals surface area contributed by atoms with Gasteiger partial charge in [-0.1, -0.05) is 120 Å². The van der Waals surface area contributed by atoms with Crippen molar-refractivity contribution in [2.75, 3.05) is 32.3 Å². The summed E-state index contributed by atoms with van der Waals surface area (Å²) in [7, 11) is 4.78. The fraction of sp³-hybridized carbons (Fsp3) is 0.250. The molecule has 1 aliphatic carbocycles. The molecule has 2 aromatic heterocycles. The summed E-state index contributed by atoms with van der Waals surface area (Å²) in [6, 6.07) is 37.9. The third-order valence-corrected chi connectivity index (χ3v) is 14.1. The van der Waals surface area contributed by atoms with Crippen LogP contribution in [0.25, 0.3) is 6.08 Å². The van der Waals surface area contributed by atoms with Gasteiger partial charge < -0.3 is 34.4 Å². The van der Waals surface area contributed by atoms with Crippen LogP contribution in [0.5, 0.6) is 5.75 Å². The smallest absolute Gasteiger partial charge is 0.355 e. The highest BCUT2D eigenvalue weighted by Crippen LogP contribution is 2.43. The van der Waals surface area contributed by atoms with E-state index >= 15 is 0 Å². The van der Waals surface area contributed by atoms with Crippen LogP contribution in [0.4, 0.5) is 5.13 Å². The largest absolute Gasteiger partial charge is 0.497 e. The molecule has 1 saturated carbocycles. The number of amides is 3. The van der Waals surface area contributed by atoms with Crippen LogP contribution in [0.2, 0.25) is 0 Å². The Morgan fingerprint density at radius 3 is 2.13 bits per heavy atom. The minimum Gasteiger partial charge on any atom is -0.497 e. The van der Waals surface area contributed by atoms with Gasteiger partial charge in [0.25, 0.3) is 17.7 Å². The zero-order valence-corrected chi connectivity index (χ0v) is 39.7. The second-order valence-corrected chi connectivity index (χ2v) is 18.7. The first-order valence-electron chi connectivity index (χ1n) is 22.4. The highest BCUT2D eigenvalue weighted by Gasteiger charge is 2.54. The topological polar surface area (TPSA) is 178 Å². The molecule has 0 unspecified atom stereocenters. The fourth-order valence-corrected chi connectivity index (χ4v) is 10.6. The molecule has 2 fully saturated rings. The number of ether oxygens (including phenoxy) is 2. The number of rotatable bonds is 17. The molecule has 69 heavy (non-hydrogen) atoms. The Morgan fingerprint density at radius 2 is 1.52 bits per heavy atom.